The van der Waals surface area contributed by atoms with E-state index in [4.69, 9.17) is 5.11 Å². The van der Waals surface area contributed by atoms with Crippen molar-refractivity contribution in [3.05, 3.63) is 12.2 Å². The number of nitrogens with one attached hydrogen (secondary N) is 1. The molecule has 0 aliphatic heterocycles. The standard InChI is InChI=1S/C11H19NO3.C6H14/c1-4-9(14)5-6-10(15)12-11(2,3)7-8-13;1-5(2)6(3)4/h5-6,13H,4,7-8H2,1-3H3,(H,12,15);5-6H,1-4H3/b6-5+;. The summed E-state index contributed by atoms with van der Waals surface area (Å²) in [7, 11) is 0. The van der Waals surface area contributed by atoms with E-state index in [2.05, 4.69) is 33.0 Å². The van der Waals surface area contributed by atoms with E-state index >= 15 is 0 Å². The number of aliphatic hydroxyl groups is 1. The Morgan fingerprint density at radius 1 is 1.10 bits per heavy atom. The van der Waals surface area contributed by atoms with Crippen LogP contribution in [0.25, 0.3) is 0 Å². The highest BCUT2D eigenvalue weighted by Crippen LogP contribution is 2.07. The van der Waals surface area contributed by atoms with E-state index in [9.17, 15) is 9.59 Å². The molecular formula is C17H33NO3. The average molecular weight is 299 g/mol. The first-order chi connectivity index (χ1) is 9.55. The highest BCUT2D eigenvalue weighted by Gasteiger charge is 2.18. The zero-order chi connectivity index (χ0) is 17.1. The van der Waals surface area contributed by atoms with Crippen LogP contribution >= 0.6 is 0 Å². The van der Waals surface area contributed by atoms with Crippen molar-refractivity contribution >= 4 is 11.7 Å². The minimum atomic E-state index is -0.453. The fraction of sp³-hybridized carbons (Fsp3) is 0.765. The number of hydrogen-bond donors (Lipinski definition) is 2. The van der Waals surface area contributed by atoms with Crippen LogP contribution < -0.4 is 5.32 Å². The van der Waals surface area contributed by atoms with E-state index in [1.807, 2.05) is 13.8 Å². The number of carbonyl (C=O) groups excluding carboxylic acids is 2. The summed E-state index contributed by atoms with van der Waals surface area (Å²) in [5.74, 6) is 1.32. The largest absolute Gasteiger partial charge is 0.396 e. The van der Waals surface area contributed by atoms with Gasteiger partial charge in [0.1, 0.15) is 0 Å². The predicted octanol–water partition coefficient (Wildman–Crippen LogP) is 3.10. The number of hydrogen-bond acceptors (Lipinski definition) is 3. The van der Waals surface area contributed by atoms with Crippen LogP contribution in [0.15, 0.2) is 12.2 Å². The fourth-order valence-corrected chi connectivity index (χ4v) is 1.00. The molecule has 0 spiro atoms. The molecule has 0 atom stereocenters. The minimum absolute atomic E-state index is 0.0187. The molecule has 0 fully saturated rings. The second-order valence-corrected chi connectivity index (χ2v) is 6.49. The summed E-state index contributed by atoms with van der Waals surface area (Å²) in [5, 5.41) is 11.4. The predicted molar refractivity (Wildman–Crippen MR) is 88.0 cm³/mol. The maximum absolute atomic E-state index is 11.3. The highest BCUT2D eigenvalue weighted by atomic mass is 16.3. The summed E-state index contributed by atoms with van der Waals surface area (Å²) in [5.41, 5.74) is -0.453. The van der Waals surface area contributed by atoms with Crippen LogP contribution in [0.1, 0.15) is 61.3 Å². The lowest BCUT2D eigenvalue weighted by Crippen LogP contribution is -2.43. The first-order valence-corrected chi connectivity index (χ1v) is 7.69. The normalized spacial score (nSPS) is 11.5. The summed E-state index contributed by atoms with van der Waals surface area (Å²) in [6, 6.07) is 0. The van der Waals surface area contributed by atoms with Crippen LogP contribution in [0.4, 0.5) is 0 Å². The van der Waals surface area contributed by atoms with E-state index in [0.717, 1.165) is 11.8 Å². The molecule has 4 nitrogen and oxygen atoms in total. The van der Waals surface area contributed by atoms with E-state index < -0.39 is 5.54 Å². The van der Waals surface area contributed by atoms with Crippen molar-refractivity contribution in [2.75, 3.05) is 6.61 Å². The van der Waals surface area contributed by atoms with Crippen molar-refractivity contribution < 1.29 is 14.7 Å². The van der Waals surface area contributed by atoms with Gasteiger partial charge in [-0.1, -0.05) is 34.6 Å². The van der Waals surface area contributed by atoms with Crippen LogP contribution in [0.5, 0.6) is 0 Å². The minimum Gasteiger partial charge on any atom is -0.396 e. The first-order valence-electron chi connectivity index (χ1n) is 7.69. The third-order valence-corrected chi connectivity index (χ3v) is 3.30. The Morgan fingerprint density at radius 2 is 1.57 bits per heavy atom. The van der Waals surface area contributed by atoms with E-state index in [1.165, 1.54) is 12.2 Å². The molecule has 0 unspecified atom stereocenters. The van der Waals surface area contributed by atoms with Gasteiger partial charge in [-0.2, -0.15) is 0 Å². The zero-order valence-corrected chi connectivity index (χ0v) is 14.7. The molecule has 2 N–H and O–H groups in total. The molecule has 0 saturated carbocycles. The van der Waals surface area contributed by atoms with Crippen molar-refractivity contribution in [3.63, 3.8) is 0 Å². The smallest absolute Gasteiger partial charge is 0.244 e. The highest BCUT2D eigenvalue weighted by molar-refractivity contribution is 5.97. The molecule has 4 heteroatoms. The molecule has 0 bridgehead atoms. The van der Waals surface area contributed by atoms with Crippen LogP contribution in [-0.4, -0.2) is 28.9 Å². The van der Waals surface area contributed by atoms with Gasteiger partial charge in [0.15, 0.2) is 5.78 Å². The SMILES string of the molecule is CC(C)C(C)C.CCC(=O)/C=C/C(=O)NC(C)(C)CCO. The molecule has 0 aromatic rings. The Kier molecular flexibility index (Phi) is 12.1. The summed E-state index contributed by atoms with van der Waals surface area (Å²) < 4.78 is 0. The van der Waals surface area contributed by atoms with Crippen LogP contribution in [0, 0.1) is 11.8 Å². The van der Waals surface area contributed by atoms with Crippen LogP contribution in [-0.2, 0) is 9.59 Å². The molecule has 0 heterocycles. The molecule has 0 aliphatic carbocycles. The maximum atomic E-state index is 11.3. The lowest BCUT2D eigenvalue weighted by molar-refractivity contribution is -0.119. The number of aliphatic hydroxyl groups excluding tert-OH is 1. The van der Waals surface area contributed by atoms with Gasteiger partial charge in [-0.15, -0.1) is 0 Å². The van der Waals surface area contributed by atoms with Gasteiger partial charge in [0.2, 0.25) is 5.91 Å². The Morgan fingerprint density at radius 3 is 1.90 bits per heavy atom. The van der Waals surface area contributed by atoms with Gasteiger partial charge in [0, 0.05) is 24.6 Å². The molecule has 0 aromatic carbocycles. The lowest BCUT2D eigenvalue weighted by atomic mass is 10.0. The van der Waals surface area contributed by atoms with Gasteiger partial charge in [-0.3, -0.25) is 9.59 Å². The van der Waals surface area contributed by atoms with Crippen molar-refractivity contribution in [2.24, 2.45) is 11.8 Å². The van der Waals surface area contributed by atoms with Gasteiger partial charge < -0.3 is 10.4 Å². The van der Waals surface area contributed by atoms with Gasteiger partial charge in [-0.25, -0.2) is 0 Å². The molecule has 0 aromatic heterocycles. The molecule has 1 amide bonds. The number of rotatable bonds is 7. The van der Waals surface area contributed by atoms with Crippen molar-refractivity contribution in [1.29, 1.82) is 0 Å². The molecule has 0 radical (unpaired) electrons. The summed E-state index contributed by atoms with van der Waals surface area (Å²) in [4.78, 5) is 22.2. The number of allylic oxidation sites excluding steroid dienone is 1. The van der Waals surface area contributed by atoms with Crippen molar-refractivity contribution in [3.8, 4) is 0 Å². The lowest BCUT2D eigenvalue weighted by Gasteiger charge is -2.24. The summed E-state index contributed by atoms with van der Waals surface area (Å²) in [6.07, 6.45) is 3.37. The Balaban J connectivity index is 0. The fourth-order valence-electron chi connectivity index (χ4n) is 1.00. The van der Waals surface area contributed by atoms with Crippen molar-refractivity contribution in [1.82, 2.24) is 5.32 Å². The van der Waals surface area contributed by atoms with Gasteiger partial charge >= 0.3 is 0 Å². The van der Waals surface area contributed by atoms with E-state index in [0.29, 0.717) is 12.8 Å². The molecule has 0 saturated heterocycles. The molecule has 21 heavy (non-hydrogen) atoms. The zero-order valence-electron chi connectivity index (χ0n) is 14.7. The third-order valence-electron chi connectivity index (χ3n) is 3.30. The third kappa shape index (κ3) is 15.1. The summed E-state index contributed by atoms with van der Waals surface area (Å²) in [6.45, 7) is 14.4. The topological polar surface area (TPSA) is 66.4 Å². The molecule has 124 valence electrons. The van der Waals surface area contributed by atoms with Crippen LogP contribution in [0.2, 0.25) is 0 Å². The number of carbonyl (C=O) groups is 2. The quantitative estimate of drug-likeness (QED) is 0.710. The van der Waals surface area contributed by atoms with E-state index in [-0.39, 0.29) is 18.3 Å². The maximum Gasteiger partial charge on any atom is 0.244 e. The van der Waals surface area contributed by atoms with Gasteiger partial charge in [-0.05, 0) is 38.2 Å². The second-order valence-electron chi connectivity index (χ2n) is 6.49. The Bertz CT molecular complexity index is 325. The molecule has 0 aliphatic rings. The molecular weight excluding hydrogens is 266 g/mol. The Labute approximate surface area is 130 Å². The van der Waals surface area contributed by atoms with Crippen molar-refractivity contribution in [2.45, 2.75) is 66.8 Å². The Hall–Kier alpha value is -1.16. The molecule has 0 rings (SSSR count). The average Bonchev–Trinajstić information content (AvgIpc) is 2.35. The summed E-state index contributed by atoms with van der Waals surface area (Å²) >= 11 is 0. The number of ketones is 1. The monoisotopic (exact) mass is 299 g/mol. The number of amides is 1. The first kappa shape index (κ1) is 22.1. The second kappa shape index (κ2) is 11.5. The van der Waals surface area contributed by atoms with Gasteiger partial charge in [0.05, 0.1) is 0 Å². The van der Waals surface area contributed by atoms with Gasteiger partial charge in [0.25, 0.3) is 0 Å². The van der Waals surface area contributed by atoms with E-state index in [1.54, 1.807) is 6.92 Å². The van der Waals surface area contributed by atoms with Crippen LogP contribution in [0.3, 0.4) is 0 Å².